The van der Waals surface area contributed by atoms with E-state index in [1.54, 1.807) is 0 Å². The Morgan fingerprint density at radius 2 is 2.25 bits per heavy atom. The Kier molecular flexibility index (Phi) is 4.75. The third-order valence-corrected chi connectivity index (χ3v) is 3.22. The average Bonchev–Trinajstić information content (AvgIpc) is 2.87. The van der Waals surface area contributed by atoms with Crippen molar-refractivity contribution in [1.82, 2.24) is 10.3 Å². The van der Waals surface area contributed by atoms with Crippen LogP contribution >= 0.6 is 0 Å². The molecule has 1 atom stereocenters. The Morgan fingerprint density at radius 1 is 1.45 bits per heavy atom. The molecule has 0 spiro atoms. The van der Waals surface area contributed by atoms with Gasteiger partial charge in [-0.25, -0.2) is 0 Å². The second kappa shape index (κ2) is 6.73. The van der Waals surface area contributed by atoms with Gasteiger partial charge in [-0.1, -0.05) is 18.2 Å². The predicted octanol–water partition coefficient (Wildman–Crippen LogP) is 1.46. The van der Waals surface area contributed by atoms with Crippen LogP contribution in [-0.4, -0.2) is 23.5 Å². The van der Waals surface area contributed by atoms with Crippen molar-refractivity contribution in [2.45, 2.75) is 25.3 Å². The monoisotopic (exact) mass is 270 g/mol. The van der Waals surface area contributed by atoms with Crippen molar-refractivity contribution in [1.29, 1.82) is 5.26 Å². The molecule has 1 unspecified atom stereocenters. The second-order valence-corrected chi connectivity index (χ2v) is 4.72. The number of nitrogens with zero attached hydrogens (tertiary/aromatic N) is 1. The Bertz CT molecular complexity index is 626. The van der Waals surface area contributed by atoms with Gasteiger partial charge in [0.1, 0.15) is 0 Å². The first kappa shape index (κ1) is 14.1. The molecule has 5 nitrogen and oxygen atoms in total. The maximum atomic E-state index is 11.8. The number of hydrogen-bond acceptors (Lipinski definition) is 3. The lowest BCUT2D eigenvalue weighted by Crippen LogP contribution is -2.42. The molecule has 0 radical (unpaired) electrons. The highest BCUT2D eigenvalue weighted by Crippen LogP contribution is 2.18. The zero-order chi connectivity index (χ0) is 14.4. The van der Waals surface area contributed by atoms with Gasteiger partial charge >= 0.3 is 0 Å². The molecule has 0 bridgehead atoms. The molecule has 0 fully saturated rings. The van der Waals surface area contributed by atoms with Crippen molar-refractivity contribution in [3.05, 3.63) is 36.0 Å². The lowest BCUT2D eigenvalue weighted by Gasteiger charge is -2.11. The maximum absolute atomic E-state index is 11.8. The summed E-state index contributed by atoms with van der Waals surface area (Å²) in [4.78, 5) is 15.0. The minimum absolute atomic E-state index is 0.173. The Labute approximate surface area is 117 Å². The molecule has 2 rings (SSSR count). The van der Waals surface area contributed by atoms with E-state index in [2.05, 4.69) is 10.3 Å². The van der Waals surface area contributed by atoms with Crippen molar-refractivity contribution >= 4 is 16.8 Å². The van der Waals surface area contributed by atoms with Crippen LogP contribution in [0.25, 0.3) is 10.9 Å². The zero-order valence-electron chi connectivity index (χ0n) is 11.2. The minimum atomic E-state index is -0.573. The molecule has 104 valence electrons. The van der Waals surface area contributed by atoms with Gasteiger partial charge in [0.2, 0.25) is 5.91 Å². The van der Waals surface area contributed by atoms with Gasteiger partial charge in [0.25, 0.3) is 0 Å². The summed E-state index contributed by atoms with van der Waals surface area (Å²) in [5, 5.41) is 12.3. The summed E-state index contributed by atoms with van der Waals surface area (Å²) in [6.07, 6.45) is 3.49. The molecule has 0 aliphatic carbocycles. The molecule has 1 aromatic heterocycles. The van der Waals surface area contributed by atoms with Crippen LogP contribution in [0.15, 0.2) is 30.5 Å². The van der Waals surface area contributed by atoms with Crippen molar-refractivity contribution in [2.24, 2.45) is 5.73 Å². The molecule has 2 aromatic rings. The van der Waals surface area contributed by atoms with Crippen LogP contribution in [0.1, 0.15) is 18.4 Å². The molecule has 0 aliphatic rings. The number of amides is 1. The summed E-state index contributed by atoms with van der Waals surface area (Å²) in [6, 6.07) is 9.40. The van der Waals surface area contributed by atoms with Crippen LogP contribution < -0.4 is 11.1 Å². The standard InChI is InChI=1S/C15H18N4O/c16-7-3-4-8-18-15(20)13(17)9-11-10-19-14-6-2-1-5-12(11)14/h1-2,5-6,10,13,19H,3-4,8-9,17H2,(H,18,20). The van der Waals surface area contributed by atoms with Crippen LogP contribution in [0.2, 0.25) is 0 Å². The summed E-state index contributed by atoms with van der Waals surface area (Å²) in [5.74, 6) is -0.173. The van der Waals surface area contributed by atoms with Crippen molar-refractivity contribution in [3.63, 3.8) is 0 Å². The summed E-state index contributed by atoms with van der Waals surface area (Å²) in [5.41, 5.74) is 8.01. The molecule has 0 aliphatic heterocycles. The summed E-state index contributed by atoms with van der Waals surface area (Å²) < 4.78 is 0. The number of carbonyl (C=O) groups is 1. The van der Waals surface area contributed by atoms with E-state index >= 15 is 0 Å². The van der Waals surface area contributed by atoms with E-state index in [9.17, 15) is 4.79 Å². The topological polar surface area (TPSA) is 94.7 Å². The highest BCUT2D eigenvalue weighted by atomic mass is 16.2. The van der Waals surface area contributed by atoms with E-state index in [0.29, 0.717) is 25.8 Å². The molecule has 1 amide bonds. The van der Waals surface area contributed by atoms with Crippen molar-refractivity contribution < 1.29 is 4.79 Å². The molecule has 1 heterocycles. The number of hydrogen-bond donors (Lipinski definition) is 3. The first-order chi connectivity index (χ1) is 9.72. The lowest BCUT2D eigenvalue weighted by molar-refractivity contribution is -0.122. The third-order valence-electron chi connectivity index (χ3n) is 3.22. The van der Waals surface area contributed by atoms with Gasteiger partial charge < -0.3 is 16.0 Å². The van der Waals surface area contributed by atoms with E-state index in [-0.39, 0.29) is 5.91 Å². The van der Waals surface area contributed by atoms with Crippen LogP contribution in [-0.2, 0) is 11.2 Å². The van der Waals surface area contributed by atoms with Gasteiger partial charge in [-0.05, 0) is 24.5 Å². The van der Waals surface area contributed by atoms with Gasteiger partial charge in [-0.2, -0.15) is 5.26 Å². The Morgan fingerprint density at radius 3 is 3.05 bits per heavy atom. The molecule has 0 saturated heterocycles. The van der Waals surface area contributed by atoms with E-state index in [1.165, 1.54) is 0 Å². The summed E-state index contributed by atoms with van der Waals surface area (Å²) >= 11 is 0. The van der Waals surface area contributed by atoms with E-state index in [1.807, 2.05) is 36.5 Å². The summed E-state index contributed by atoms with van der Waals surface area (Å²) in [6.45, 7) is 0.494. The number of H-pyrrole nitrogens is 1. The maximum Gasteiger partial charge on any atom is 0.237 e. The van der Waals surface area contributed by atoms with Gasteiger partial charge in [-0.3, -0.25) is 4.79 Å². The number of para-hydroxylation sites is 1. The number of nitrogens with one attached hydrogen (secondary N) is 2. The number of benzene rings is 1. The predicted molar refractivity (Wildman–Crippen MR) is 77.8 cm³/mol. The second-order valence-electron chi connectivity index (χ2n) is 4.72. The van der Waals surface area contributed by atoms with Crippen LogP contribution in [0.4, 0.5) is 0 Å². The van der Waals surface area contributed by atoms with Crippen molar-refractivity contribution in [3.8, 4) is 6.07 Å². The minimum Gasteiger partial charge on any atom is -0.361 e. The SMILES string of the molecule is N#CCCCNC(=O)C(N)Cc1c[nH]c2ccccc12. The number of unbranched alkanes of at least 4 members (excludes halogenated alkanes) is 1. The number of nitrogens with two attached hydrogens (primary N) is 1. The number of rotatable bonds is 6. The molecular weight excluding hydrogens is 252 g/mol. The fourth-order valence-electron chi connectivity index (χ4n) is 2.14. The number of fused-ring (bicyclic) bond motifs is 1. The first-order valence-corrected chi connectivity index (χ1v) is 6.67. The van der Waals surface area contributed by atoms with Gasteiger partial charge in [0.15, 0.2) is 0 Å². The first-order valence-electron chi connectivity index (χ1n) is 6.67. The van der Waals surface area contributed by atoms with Crippen LogP contribution in [0, 0.1) is 11.3 Å². The Hall–Kier alpha value is -2.32. The fraction of sp³-hybridized carbons (Fsp3) is 0.333. The summed E-state index contributed by atoms with van der Waals surface area (Å²) in [7, 11) is 0. The molecule has 20 heavy (non-hydrogen) atoms. The quantitative estimate of drug-likeness (QED) is 0.693. The number of aromatic nitrogens is 1. The van der Waals surface area contributed by atoms with Crippen molar-refractivity contribution in [2.75, 3.05) is 6.54 Å². The normalized spacial score (nSPS) is 12.0. The third kappa shape index (κ3) is 3.37. The largest absolute Gasteiger partial charge is 0.361 e. The highest BCUT2D eigenvalue weighted by Gasteiger charge is 2.15. The molecule has 4 N–H and O–H groups in total. The van der Waals surface area contributed by atoms with E-state index in [0.717, 1.165) is 16.5 Å². The van der Waals surface area contributed by atoms with E-state index in [4.69, 9.17) is 11.0 Å². The number of aromatic amines is 1. The molecule has 1 aromatic carbocycles. The van der Waals surface area contributed by atoms with E-state index < -0.39 is 6.04 Å². The smallest absolute Gasteiger partial charge is 0.237 e. The molecule has 0 saturated carbocycles. The molecular formula is C15H18N4O. The van der Waals surface area contributed by atoms with Crippen LogP contribution in [0.5, 0.6) is 0 Å². The molecule has 5 heteroatoms. The van der Waals surface area contributed by atoms with Gasteiger partial charge in [0, 0.05) is 30.1 Å². The van der Waals surface area contributed by atoms with Gasteiger partial charge in [-0.15, -0.1) is 0 Å². The number of nitriles is 1. The lowest BCUT2D eigenvalue weighted by atomic mass is 10.1. The van der Waals surface area contributed by atoms with Crippen LogP contribution in [0.3, 0.4) is 0 Å². The average molecular weight is 270 g/mol. The fourth-order valence-corrected chi connectivity index (χ4v) is 2.14. The highest BCUT2D eigenvalue weighted by molar-refractivity contribution is 5.86. The Balaban J connectivity index is 1.92. The number of carbonyl (C=O) groups excluding carboxylic acids is 1. The zero-order valence-corrected chi connectivity index (χ0v) is 11.2. The van der Waals surface area contributed by atoms with Gasteiger partial charge in [0.05, 0.1) is 12.1 Å².